The van der Waals surface area contributed by atoms with Crippen LogP contribution < -0.4 is 15.8 Å². The molecule has 110 valence electrons. The normalized spacial score (nSPS) is 13.7. The van der Waals surface area contributed by atoms with Crippen molar-refractivity contribution in [3.8, 4) is 5.75 Å². The number of ether oxygens (including phenoxy) is 1. The maximum absolute atomic E-state index is 12.1. The molecule has 0 aromatic heterocycles. The van der Waals surface area contributed by atoms with E-state index in [-0.39, 0.29) is 11.8 Å². The van der Waals surface area contributed by atoms with E-state index >= 15 is 0 Å². The van der Waals surface area contributed by atoms with Gasteiger partial charge in [0.25, 0.3) is 0 Å². The molecule has 2 atom stereocenters. The number of amides is 1. The molecule has 0 unspecified atom stereocenters. The van der Waals surface area contributed by atoms with Crippen LogP contribution in [0.1, 0.15) is 27.2 Å². The average molecular weight is 278 g/mol. The van der Waals surface area contributed by atoms with Crippen LogP contribution in [0.5, 0.6) is 5.75 Å². The number of para-hydroxylation sites is 1. The highest BCUT2D eigenvalue weighted by Crippen LogP contribution is 2.12. The van der Waals surface area contributed by atoms with Gasteiger partial charge in [-0.05, 0) is 31.4 Å². The Kier molecular flexibility index (Phi) is 6.18. The minimum Gasteiger partial charge on any atom is -0.425 e. The average Bonchev–Trinajstić information content (AvgIpc) is 2.38. The quantitative estimate of drug-likeness (QED) is 0.610. The topological polar surface area (TPSA) is 81.4 Å². The van der Waals surface area contributed by atoms with Crippen LogP contribution in [0.4, 0.5) is 0 Å². The van der Waals surface area contributed by atoms with Crippen molar-refractivity contribution in [3.63, 3.8) is 0 Å². The van der Waals surface area contributed by atoms with E-state index in [0.717, 1.165) is 0 Å². The van der Waals surface area contributed by atoms with Crippen molar-refractivity contribution in [1.82, 2.24) is 5.32 Å². The maximum Gasteiger partial charge on any atom is 0.334 e. The standard InChI is InChI=1S/C15H22N2O3/c1-10(2)9-13(17-14(18)11(3)16)15(19)20-12-7-5-4-6-8-12/h4-8,10-11,13H,9,16H2,1-3H3,(H,17,18)/t11-,13-/m0/s1. The molecule has 0 aliphatic carbocycles. The summed E-state index contributed by atoms with van der Waals surface area (Å²) >= 11 is 0. The number of esters is 1. The van der Waals surface area contributed by atoms with Crippen LogP contribution in [-0.4, -0.2) is 24.0 Å². The van der Waals surface area contributed by atoms with Gasteiger partial charge in [0.1, 0.15) is 11.8 Å². The van der Waals surface area contributed by atoms with E-state index in [9.17, 15) is 9.59 Å². The SMILES string of the molecule is CC(C)C[C@H](NC(=O)[C@H](C)N)C(=O)Oc1ccccc1. The first-order chi connectivity index (χ1) is 9.40. The first-order valence-electron chi connectivity index (χ1n) is 6.73. The van der Waals surface area contributed by atoms with Crippen LogP contribution in [0.2, 0.25) is 0 Å². The van der Waals surface area contributed by atoms with E-state index in [2.05, 4.69) is 5.32 Å². The molecule has 0 fully saturated rings. The second kappa shape index (κ2) is 7.65. The fourth-order valence-corrected chi connectivity index (χ4v) is 1.66. The summed E-state index contributed by atoms with van der Waals surface area (Å²) in [5.74, 6) is -0.127. The number of benzene rings is 1. The minimum atomic E-state index is -0.686. The van der Waals surface area contributed by atoms with Gasteiger partial charge in [0.2, 0.25) is 5.91 Å². The minimum absolute atomic E-state index is 0.247. The summed E-state index contributed by atoms with van der Waals surface area (Å²) in [6, 6.07) is 7.43. The van der Waals surface area contributed by atoms with Crippen LogP contribution in [-0.2, 0) is 9.59 Å². The van der Waals surface area contributed by atoms with Gasteiger partial charge >= 0.3 is 5.97 Å². The highest BCUT2D eigenvalue weighted by atomic mass is 16.5. The van der Waals surface area contributed by atoms with Gasteiger partial charge in [-0.1, -0.05) is 32.0 Å². The highest BCUT2D eigenvalue weighted by Gasteiger charge is 2.25. The molecule has 20 heavy (non-hydrogen) atoms. The molecule has 1 amide bonds. The van der Waals surface area contributed by atoms with Crippen LogP contribution >= 0.6 is 0 Å². The third-order valence-corrected chi connectivity index (χ3v) is 2.68. The zero-order valence-corrected chi connectivity index (χ0v) is 12.1. The third-order valence-electron chi connectivity index (χ3n) is 2.68. The zero-order chi connectivity index (χ0) is 15.1. The second-order valence-electron chi connectivity index (χ2n) is 5.21. The second-order valence-corrected chi connectivity index (χ2v) is 5.21. The molecule has 0 radical (unpaired) electrons. The Balaban J connectivity index is 2.71. The van der Waals surface area contributed by atoms with Gasteiger partial charge in [-0.15, -0.1) is 0 Å². The van der Waals surface area contributed by atoms with Crippen LogP contribution in [0.3, 0.4) is 0 Å². The van der Waals surface area contributed by atoms with E-state index in [1.807, 2.05) is 19.9 Å². The van der Waals surface area contributed by atoms with E-state index < -0.39 is 18.1 Å². The monoisotopic (exact) mass is 278 g/mol. The molecule has 0 aliphatic heterocycles. The van der Waals surface area contributed by atoms with Crippen molar-refractivity contribution < 1.29 is 14.3 Å². The molecule has 0 saturated heterocycles. The summed E-state index contributed by atoms with van der Waals surface area (Å²) in [6.07, 6.45) is 0.504. The smallest absolute Gasteiger partial charge is 0.334 e. The number of hydrogen-bond acceptors (Lipinski definition) is 4. The fourth-order valence-electron chi connectivity index (χ4n) is 1.66. The van der Waals surface area contributed by atoms with Crippen molar-refractivity contribution in [2.45, 2.75) is 39.3 Å². The summed E-state index contributed by atoms with van der Waals surface area (Å²) in [7, 11) is 0. The Morgan fingerprint density at radius 1 is 1.20 bits per heavy atom. The van der Waals surface area contributed by atoms with Gasteiger partial charge in [0.05, 0.1) is 6.04 Å². The van der Waals surface area contributed by atoms with Crippen molar-refractivity contribution in [2.24, 2.45) is 11.7 Å². The van der Waals surface area contributed by atoms with Crippen molar-refractivity contribution in [1.29, 1.82) is 0 Å². The molecule has 5 nitrogen and oxygen atoms in total. The molecule has 0 bridgehead atoms. The van der Waals surface area contributed by atoms with Crippen LogP contribution in [0, 0.1) is 5.92 Å². The molecule has 5 heteroatoms. The molecule has 1 rings (SSSR count). The van der Waals surface area contributed by atoms with Gasteiger partial charge in [-0.2, -0.15) is 0 Å². The first-order valence-corrected chi connectivity index (χ1v) is 6.73. The van der Waals surface area contributed by atoms with Crippen LogP contribution in [0.15, 0.2) is 30.3 Å². The highest BCUT2D eigenvalue weighted by molar-refractivity contribution is 5.87. The summed E-state index contributed by atoms with van der Waals surface area (Å²) in [5.41, 5.74) is 5.50. The number of rotatable bonds is 6. The Morgan fingerprint density at radius 2 is 1.80 bits per heavy atom. The summed E-state index contributed by atoms with van der Waals surface area (Å²) in [5, 5.41) is 2.63. The zero-order valence-electron chi connectivity index (χ0n) is 12.1. The van der Waals surface area contributed by atoms with Crippen molar-refractivity contribution in [3.05, 3.63) is 30.3 Å². The molecular weight excluding hydrogens is 256 g/mol. The summed E-state index contributed by atoms with van der Waals surface area (Å²) in [6.45, 7) is 5.52. The van der Waals surface area contributed by atoms with Gasteiger partial charge < -0.3 is 15.8 Å². The van der Waals surface area contributed by atoms with Gasteiger partial charge in [0.15, 0.2) is 0 Å². The molecule has 3 N–H and O–H groups in total. The molecule has 0 aliphatic rings. The van der Waals surface area contributed by atoms with E-state index in [0.29, 0.717) is 12.2 Å². The summed E-state index contributed by atoms with van der Waals surface area (Å²) in [4.78, 5) is 23.8. The van der Waals surface area contributed by atoms with Crippen molar-refractivity contribution in [2.75, 3.05) is 0 Å². The Morgan fingerprint density at radius 3 is 2.30 bits per heavy atom. The Labute approximate surface area is 119 Å². The number of nitrogens with one attached hydrogen (secondary N) is 1. The molecule has 0 spiro atoms. The molecule has 0 heterocycles. The Bertz CT molecular complexity index is 444. The number of hydrogen-bond donors (Lipinski definition) is 2. The molecular formula is C15H22N2O3. The van der Waals surface area contributed by atoms with E-state index in [1.54, 1.807) is 31.2 Å². The van der Waals surface area contributed by atoms with Gasteiger partial charge in [-0.3, -0.25) is 4.79 Å². The van der Waals surface area contributed by atoms with E-state index in [1.165, 1.54) is 0 Å². The Hall–Kier alpha value is -1.88. The largest absolute Gasteiger partial charge is 0.425 e. The lowest BCUT2D eigenvalue weighted by Crippen LogP contribution is -2.49. The fraction of sp³-hybridized carbons (Fsp3) is 0.467. The van der Waals surface area contributed by atoms with Gasteiger partial charge in [-0.25, -0.2) is 4.79 Å². The van der Waals surface area contributed by atoms with Crippen LogP contribution in [0.25, 0.3) is 0 Å². The predicted molar refractivity (Wildman–Crippen MR) is 77.1 cm³/mol. The van der Waals surface area contributed by atoms with Gasteiger partial charge in [0, 0.05) is 0 Å². The predicted octanol–water partition coefficient (Wildman–Crippen LogP) is 1.47. The molecule has 1 aromatic carbocycles. The number of carbonyl (C=O) groups is 2. The number of carbonyl (C=O) groups excluding carboxylic acids is 2. The molecule has 1 aromatic rings. The lowest BCUT2D eigenvalue weighted by molar-refractivity contribution is -0.140. The van der Waals surface area contributed by atoms with Crippen molar-refractivity contribution >= 4 is 11.9 Å². The first kappa shape index (κ1) is 16.2. The lowest BCUT2D eigenvalue weighted by Gasteiger charge is -2.20. The summed E-state index contributed by atoms with van der Waals surface area (Å²) < 4.78 is 5.26. The lowest BCUT2D eigenvalue weighted by atomic mass is 10.0. The van der Waals surface area contributed by atoms with E-state index in [4.69, 9.17) is 10.5 Å². The number of nitrogens with two attached hydrogens (primary N) is 1. The third kappa shape index (κ3) is 5.40. The molecule has 0 saturated carbocycles. The maximum atomic E-state index is 12.1.